The maximum absolute atomic E-state index is 11.3. The molecule has 0 bridgehead atoms. The number of hydrogen-bond donors (Lipinski definition) is 0. The van der Waals surface area contributed by atoms with Crippen molar-refractivity contribution in [1.29, 1.82) is 0 Å². The van der Waals surface area contributed by atoms with Crippen LogP contribution in [0.1, 0.15) is 31.7 Å². The SMILES string of the molecule is CC1(C)OC(=O)C[C@H]1c1cccc(Cl)c1. The molecule has 0 N–H and O–H groups in total. The molecule has 0 amide bonds. The molecule has 1 atom stereocenters. The minimum Gasteiger partial charge on any atom is -0.459 e. The highest BCUT2D eigenvalue weighted by Gasteiger charge is 2.42. The molecule has 2 rings (SSSR count). The van der Waals surface area contributed by atoms with Gasteiger partial charge in [0.1, 0.15) is 5.60 Å². The van der Waals surface area contributed by atoms with Gasteiger partial charge in [0.15, 0.2) is 0 Å². The van der Waals surface area contributed by atoms with Crippen molar-refractivity contribution in [2.45, 2.75) is 31.8 Å². The number of esters is 1. The second-order valence-corrected chi connectivity index (χ2v) is 4.83. The maximum Gasteiger partial charge on any atom is 0.307 e. The van der Waals surface area contributed by atoms with Crippen LogP contribution in [0, 0.1) is 0 Å². The van der Waals surface area contributed by atoms with E-state index >= 15 is 0 Å². The van der Waals surface area contributed by atoms with E-state index in [-0.39, 0.29) is 11.9 Å². The van der Waals surface area contributed by atoms with E-state index in [1.54, 1.807) is 0 Å². The van der Waals surface area contributed by atoms with E-state index < -0.39 is 5.60 Å². The van der Waals surface area contributed by atoms with Gasteiger partial charge >= 0.3 is 5.97 Å². The third-order valence-electron chi connectivity index (χ3n) is 2.84. The van der Waals surface area contributed by atoms with Crippen LogP contribution in [0.4, 0.5) is 0 Å². The molecular formula is C12H13ClO2. The van der Waals surface area contributed by atoms with E-state index in [9.17, 15) is 4.79 Å². The van der Waals surface area contributed by atoms with Crippen LogP contribution in [-0.4, -0.2) is 11.6 Å². The Balaban J connectivity index is 2.35. The summed E-state index contributed by atoms with van der Waals surface area (Å²) in [6.45, 7) is 3.87. The fourth-order valence-electron chi connectivity index (χ4n) is 2.06. The minimum atomic E-state index is -0.429. The van der Waals surface area contributed by atoms with Crippen molar-refractivity contribution in [3.05, 3.63) is 34.9 Å². The Hall–Kier alpha value is -1.02. The molecule has 1 saturated heterocycles. The number of rotatable bonds is 1. The summed E-state index contributed by atoms with van der Waals surface area (Å²) in [7, 11) is 0. The number of hydrogen-bond acceptors (Lipinski definition) is 2. The Labute approximate surface area is 94.2 Å². The van der Waals surface area contributed by atoms with Gasteiger partial charge in [-0.3, -0.25) is 4.79 Å². The molecule has 0 unspecified atom stereocenters. The Bertz CT molecular complexity index is 398. The number of benzene rings is 1. The van der Waals surface area contributed by atoms with E-state index in [2.05, 4.69) is 0 Å². The second-order valence-electron chi connectivity index (χ2n) is 4.39. The normalized spacial score (nSPS) is 23.9. The summed E-state index contributed by atoms with van der Waals surface area (Å²) in [5, 5.41) is 0.697. The number of ether oxygens (including phenoxy) is 1. The third-order valence-corrected chi connectivity index (χ3v) is 3.07. The smallest absolute Gasteiger partial charge is 0.307 e. The summed E-state index contributed by atoms with van der Waals surface area (Å²) < 4.78 is 5.27. The monoisotopic (exact) mass is 224 g/mol. The Morgan fingerprint density at radius 2 is 2.20 bits per heavy atom. The lowest BCUT2D eigenvalue weighted by molar-refractivity contribution is -0.146. The molecule has 3 heteroatoms. The Morgan fingerprint density at radius 1 is 1.47 bits per heavy atom. The van der Waals surface area contributed by atoms with Crippen LogP contribution in [0.5, 0.6) is 0 Å². The van der Waals surface area contributed by atoms with E-state index in [0.717, 1.165) is 5.56 Å². The zero-order valence-corrected chi connectivity index (χ0v) is 9.54. The molecule has 15 heavy (non-hydrogen) atoms. The van der Waals surface area contributed by atoms with Crippen LogP contribution in [0.3, 0.4) is 0 Å². The lowest BCUT2D eigenvalue weighted by Crippen LogP contribution is -2.25. The molecule has 0 spiro atoms. The molecule has 1 heterocycles. The summed E-state index contributed by atoms with van der Waals surface area (Å²) >= 11 is 5.93. The molecule has 1 aromatic carbocycles. The maximum atomic E-state index is 11.3. The van der Waals surface area contributed by atoms with Crippen molar-refractivity contribution >= 4 is 17.6 Å². The van der Waals surface area contributed by atoms with Crippen LogP contribution in [0.25, 0.3) is 0 Å². The van der Waals surface area contributed by atoms with Gasteiger partial charge < -0.3 is 4.74 Å². The summed E-state index contributed by atoms with van der Waals surface area (Å²) in [5.74, 6) is -0.0336. The highest BCUT2D eigenvalue weighted by Crippen LogP contribution is 2.40. The molecule has 0 aromatic heterocycles. The number of carbonyl (C=O) groups is 1. The molecule has 0 radical (unpaired) electrons. The van der Waals surface area contributed by atoms with Crippen molar-refractivity contribution in [3.8, 4) is 0 Å². The van der Waals surface area contributed by atoms with Crippen molar-refractivity contribution in [1.82, 2.24) is 0 Å². The molecule has 0 saturated carbocycles. The predicted octanol–water partition coefficient (Wildman–Crippen LogP) is 3.15. The minimum absolute atomic E-state index is 0.101. The summed E-state index contributed by atoms with van der Waals surface area (Å²) in [5.41, 5.74) is 0.639. The number of cyclic esters (lactones) is 1. The first kappa shape index (κ1) is 10.5. The Morgan fingerprint density at radius 3 is 2.73 bits per heavy atom. The van der Waals surface area contributed by atoms with Gasteiger partial charge in [0.25, 0.3) is 0 Å². The first-order valence-corrected chi connectivity index (χ1v) is 5.34. The first-order valence-electron chi connectivity index (χ1n) is 4.96. The Kier molecular flexibility index (Phi) is 2.47. The fraction of sp³-hybridized carbons (Fsp3) is 0.417. The average molecular weight is 225 g/mol. The van der Waals surface area contributed by atoms with Gasteiger partial charge in [-0.2, -0.15) is 0 Å². The highest BCUT2D eigenvalue weighted by molar-refractivity contribution is 6.30. The number of carbonyl (C=O) groups excluding carboxylic acids is 1. The predicted molar refractivity (Wildman–Crippen MR) is 59.0 cm³/mol. The molecule has 2 nitrogen and oxygen atoms in total. The molecule has 1 aliphatic heterocycles. The molecule has 1 aliphatic rings. The molecule has 1 fully saturated rings. The second kappa shape index (κ2) is 3.53. The van der Waals surface area contributed by atoms with Gasteiger partial charge in [-0.1, -0.05) is 23.7 Å². The van der Waals surface area contributed by atoms with Crippen LogP contribution < -0.4 is 0 Å². The van der Waals surface area contributed by atoms with Crippen molar-refractivity contribution in [2.24, 2.45) is 0 Å². The van der Waals surface area contributed by atoms with Crippen LogP contribution in [-0.2, 0) is 9.53 Å². The average Bonchev–Trinajstić information content (AvgIpc) is 2.39. The summed E-state index contributed by atoms with van der Waals surface area (Å²) in [6.07, 6.45) is 0.438. The van der Waals surface area contributed by atoms with Crippen molar-refractivity contribution in [2.75, 3.05) is 0 Å². The molecule has 0 aliphatic carbocycles. The highest BCUT2D eigenvalue weighted by atomic mass is 35.5. The van der Waals surface area contributed by atoms with Gasteiger partial charge in [-0.05, 0) is 31.5 Å². The lowest BCUT2D eigenvalue weighted by atomic mass is 9.84. The third kappa shape index (κ3) is 2.00. The van der Waals surface area contributed by atoms with Crippen LogP contribution >= 0.6 is 11.6 Å². The largest absolute Gasteiger partial charge is 0.459 e. The summed E-state index contributed by atoms with van der Waals surface area (Å²) in [6, 6.07) is 7.61. The van der Waals surface area contributed by atoms with Crippen LogP contribution in [0.15, 0.2) is 24.3 Å². The van der Waals surface area contributed by atoms with Gasteiger partial charge in [-0.25, -0.2) is 0 Å². The van der Waals surface area contributed by atoms with E-state index in [4.69, 9.17) is 16.3 Å². The van der Waals surface area contributed by atoms with Gasteiger partial charge in [0.05, 0.1) is 6.42 Å². The van der Waals surface area contributed by atoms with Crippen molar-refractivity contribution in [3.63, 3.8) is 0 Å². The zero-order valence-electron chi connectivity index (χ0n) is 8.79. The molecule has 1 aromatic rings. The topological polar surface area (TPSA) is 26.3 Å². The first-order chi connectivity index (χ1) is 6.99. The van der Waals surface area contributed by atoms with E-state index in [1.165, 1.54) is 0 Å². The quantitative estimate of drug-likeness (QED) is 0.685. The standard InChI is InChI=1S/C12H13ClO2/c1-12(2)10(7-11(14)15-12)8-4-3-5-9(13)6-8/h3-6,10H,7H2,1-2H3/t10-/m0/s1. The van der Waals surface area contributed by atoms with Gasteiger partial charge in [0, 0.05) is 10.9 Å². The van der Waals surface area contributed by atoms with E-state index in [1.807, 2.05) is 38.1 Å². The van der Waals surface area contributed by atoms with Gasteiger partial charge in [-0.15, -0.1) is 0 Å². The van der Waals surface area contributed by atoms with Gasteiger partial charge in [0.2, 0.25) is 0 Å². The molecule has 80 valence electrons. The number of halogens is 1. The fourth-order valence-corrected chi connectivity index (χ4v) is 2.26. The lowest BCUT2D eigenvalue weighted by Gasteiger charge is -2.24. The van der Waals surface area contributed by atoms with Crippen LogP contribution in [0.2, 0.25) is 5.02 Å². The summed E-state index contributed by atoms with van der Waals surface area (Å²) in [4.78, 5) is 11.3. The zero-order chi connectivity index (χ0) is 11.1. The van der Waals surface area contributed by atoms with E-state index in [0.29, 0.717) is 11.4 Å². The molecular weight excluding hydrogens is 212 g/mol. The van der Waals surface area contributed by atoms with Crippen molar-refractivity contribution < 1.29 is 9.53 Å².